The van der Waals surface area contributed by atoms with Gasteiger partial charge in [0.15, 0.2) is 5.13 Å². The van der Waals surface area contributed by atoms with Crippen LogP contribution in [0.15, 0.2) is 47.8 Å². The maximum Gasteiger partial charge on any atom is 0.255 e. The lowest BCUT2D eigenvalue weighted by Gasteiger charge is -2.08. The third-order valence-electron chi connectivity index (χ3n) is 3.35. The molecule has 0 spiro atoms. The molecule has 7 heteroatoms. The lowest BCUT2D eigenvalue weighted by Crippen LogP contribution is -2.11. The molecule has 0 fully saturated rings. The van der Waals surface area contributed by atoms with Crippen LogP contribution in [0.2, 0.25) is 5.02 Å². The summed E-state index contributed by atoms with van der Waals surface area (Å²) >= 11 is 7.43. The number of benzene rings is 2. The number of nitrogens with two attached hydrogens (primary N) is 1. The summed E-state index contributed by atoms with van der Waals surface area (Å²) in [7, 11) is 1.54. The van der Waals surface area contributed by atoms with Crippen molar-refractivity contribution in [3.05, 3.63) is 58.4 Å². The van der Waals surface area contributed by atoms with E-state index in [0.29, 0.717) is 27.2 Å². The third kappa shape index (κ3) is 3.50. The number of nitrogens with one attached hydrogen (secondary N) is 1. The zero-order valence-electron chi connectivity index (χ0n) is 12.7. The molecule has 0 aliphatic carbocycles. The number of rotatable bonds is 4. The van der Waals surface area contributed by atoms with E-state index >= 15 is 0 Å². The summed E-state index contributed by atoms with van der Waals surface area (Å²) in [6, 6.07) is 12.3. The summed E-state index contributed by atoms with van der Waals surface area (Å²) in [6.45, 7) is 0. The Bertz CT molecular complexity index is 895. The molecule has 0 saturated carbocycles. The van der Waals surface area contributed by atoms with Crippen molar-refractivity contribution in [2.75, 3.05) is 18.2 Å². The number of hydrogen-bond donors (Lipinski definition) is 2. The molecule has 24 heavy (non-hydrogen) atoms. The van der Waals surface area contributed by atoms with E-state index in [1.165, 1.54) is 18.4 Å². The van der Waals surface area contributed by atoms with Crippen molar-refractivity contribution in [1.82, 2.24) is 4.98 Å². The second kappa shape index (κ2) is 6.90. The summed E-state index contributed by atoms with van der Waals surface area (Å²) in [5.41, 5.74) is 8.36. The number of methoxy groups -OCH3 is 1. The topological polar surface area (TPSA) is 77.2 Å². The third-order valence-corrected chi connectivity index (χ3v) is 4.32. The SMILES string of the molecule is COc1ccc(NC(=O)c2cccc(-c3csc(N)n3)c2)cc1Cl. The molecule has 5 nitrogen and oxygen atoms in total. The fourth-order valence-corrected chi connectivity index (χ4v) is 3.02. The fourth-order valence-electron chi connectivity index (χ4n) is 2.19. The Morgan fingerprint density at radius 1 is 1.29 bits per heavy atom. The lowest BCUT2D eigenvalue weighted by molar-refractivity contribution is 0.102. The molecular formula is C17H14ClN3O2S. The van der Waals surface area contributed by atoms with Crippen LogP contribution in [0.4, 0.5) is 10.8 Å². The highest BCUT2D eigenvalue weighted by molar-refractivity contribution is 7.13. The number of halogens is 1. The zero-order chi connectivity index (χ0) is 17.1. The number of anilines is 2. The number of ether oxygens (including phenoxy) is 1. The minimum absolute atomic E-state index is 0.235. The predicted molar refractivity (Wildman–Crippen MR) is 97.9 cm³/mol. The molecule has 2 aromatic carbocycles. The first-order chi connectivity index (χ1) is 11.6. The van der Waals surface area contributed by atoms with E-state index in [2.05, 4.69) is 10.3 Å². The second-order valence-electron chi connectivity index (χ2n) is 4.96. The van der Waals surface area contributed by atoms with Crippen molar-refractivity contribution in [2.24, 2.45) is 0 Å². The molecule has 0 aliphatic heterocycles. The Balaban J connectivity index is 1.81. The van der Waals surface area contributed by atoms with Gasteiger partial charge in [0.1, 0.15) is 5.75 Å². The highest BCUT2D eigenvalue weighted by Gasteiger charge is 2.10. The highest BCUT2D eigenvalue weighted by atomic mass is 35.5. The van der Waals surface area contributed by atoms with Gasteiger partial charge < -0.3 is 15.8 Å². The quantitative estimate of drug-likeness (QED) is 0.727. The van der Waals surface area contributed by atoms with E-state index in [1.54, 1.807) is 36.4 Å². The Hall–Kier alpha value is -2.57. The number of hydrogen-bond acceptors (Lipinski definition) is 5. The number of nitrogens with zero attached hydrogens (tertiary/aromatic N) is 1. The van der Waals surface area contributed by atoms with Gasteiger partial charge in [0.25, 0.3) is 5.91 Å². The molecule has 3 N–H and O–H groups in total. The first-order valence-electron chi connectivity index (χ1n) is 7.03. The van der Waals surface area contributed by atoms with Gasteiger partial charge in [0.2, 0.25) is 0 Å². The van der Waals surface area contributed by atoms with Gasteiger partial charge in [-0.25, -0.2) is 4.98 Å². The molecule has 1 heterocycles. The molecule has 3 aromatic rings. The smallest absolute Gasteiger partial charge is 0.255 e. The molecule has 0 aliphatic rings. The lowest BCUT2D eigenvalue weighted by atomic mass is 10.1. The van der Waals surface area contributed by atoms with Crippen molar-refractivity contribution in [3.8, 4) is 17.0 Å². The van der Waals surface area contributed by atoms with E-state index in [4.69, 9.17) is 22.1 Å². The van der Waals surface area contributed by atoms with E-state index < -0.39 is 0 Å². The predicted octanol–water partition coefficient (Wildman–Crippen LogP) is 4.31. The van der Waals surface area contributed by atoms with Gasteiger partial charge in [0.05, 0.1) is 17.8 Å². The van der Waals surface area contributed by atoms with Crippen molar-refractivity contribution < 1.29 is 9.53 Å². The summed E-state index contributed by atoms with van der Waals surface area (Å²) in [6.07, 6.45) is 0. The number of carbonyl (C=O) groups is 1. The molecule has 0 bridgehead atoms. The van der Waals surface area contributed by atoms with Gasteiger partial charge in [-0.2, -0.15) is 0 Å². The van der Waals surface area contributed by atoms with Crippen LogP contribution in [0.3, 0.4) is 0 Å². The number of aromatic nitrogens is 1. The van der Waals surface area contributed by atoms with Crippen LogP contribution in [0.1, 0.15) is 10.4 Å². The van der Waals surface area contributed by atoms with Crippen LogP contribution in [0.25, 0.3) is 11.3 Å². The van der Waals surface area contributed by atoms with Gasteiger partial charge >= 0.3 is 0 Å². The average molecular weight is 360 g/mol. The molecule has 3 rings (SSSR count). The van der Waals surface area contributed by atoms with Crippen molar-refractivity contribution in [2.45, 2.75) is 0 Å². The molecule has 1 aromatic heterocycles. The molecule has 0 radical (unpaired) electrons. The number of nitrogen functional groups attached to an aromatic ring is 1. The standard InChI is InChI=1S/C17H14ClN3O2S/c1-23-15-6-5-12(8-13(15)18)20-16(22)11-4-2-3-10(7-11)14-9-24-17(19)21-14/h2-9H,1H3,(H2,19,21)(H,20,22). The molecule has 0 atom stereocenters. The van der Waals surface area contributed by atoms with Crippen LogP contribution >= 0.6 is 22.9 Å². The van der Waals surface area contributed by atoms with Crippen molar-refractivity contribution >= 4 is 39.7 Å². The minimum atomic E-state index is -0.235. The van der Waals surface area contributed by atoms with Crippen LogP contribution in [-0.2, 0) is 0 Å². The maximum atomic E-state index is 12.4. The van der Waals surface area contributed by atoms with Gasteiger partial charge in [-0.1, -0.05) is 23.7 Å². The second-order valence-corrected chi connectivity index (χ2v) is 6.25. The van der Waals surface area contributed by atoms with Gasteiger partial charge in [-0.05, 0) is 30.3 Å². The Kier molecular flexibility index (Phi) is 4.69. The van der Waals surface area contributed by atoms with Crippen molar-refractivity contribution in [3.63, 3.8) is 0 Å². The summed E-state index contributed by atoms with van der Waals surface area (Å²) < 4.78 is 5.10. The van der Waals surface area contributed by atoms with Crippen LogP contribution in [-0.4, -0.2) is 18.0 Å². The number of amides is 1. The average Bonchev–Trinajstić information content (AvgIpc) is 3.02. The monoisotopic (exact) mass is 359 g/mol. The minimum Gasteiger partial charge on any atom is -0.495 e. The van der Waals surface area contributed by atoms with Crippen LogP contribution in [0.5, 0.6) is 5.75 Å². The van der Waals surface area contributed by atoms with E-state index in [1.807, 2.05) is 11.4 Å². The first kappa shape index (κ1) is 16.3. The van der Waals surface area contributed by atoms with Crippen LogP contribution in [0, 0.1) is 0 Å². The number of thiazole rings is 1. The van der Waals surface area contributed by atoms with Gasteiger partial charge in [0, 0.05) is 22.2 Å². The Morgan fingerprint density at radius 2 is 2.12 bits per heavy atom. The Labute approximate surface area is 148 Å². The molecular weight excluding hydrogens is 346 g/mol. The maximum absolute atomic E-state index is 12.4. The van der Waals surface area contributed by atoms with Crippen LogP contribution < -0.4 is 15.8 Å². The molecule has 122 valence electrons. The van der Waals surface area contributed by atoms with Crippen molar-refractivity contribution in [1.29, 1.82) is 0 Å². The largest absolute Gasteiger partial charge is 0.495 e. The molecule has 0 unspecified atom stereocenters. The van der Waals surface area contributed by atoms with E-state index in [9.17, 15) is 4.79 Å². The van der Waals surface area contributed by atoms with Gasteiger partial charge in [-0.3, -0.25) is 4.79 Å². The fraction of sp³-hybridized carbons (Fsp3) is 0.0588. The molecule has 1 amide bonds. The highest BCUT2D eigenvalue weighted by Crippen LogP contribution is 2.28. The first-order valence-corrected chi connectivity index (χ1v) is 8.29. The Morgan fingerprint density at radius 3 is 2.79 bits per heavy atom. The van der Waals surface area contributed by atoms with E-state index in [0.717, 1.165) is 11.3 Å². The summed E-state index contributed by atoms with van der Waals surface area (Å²) in [5.74, 6) is 0.319. The summed E-state index contributed by atoms with van der Waals surface area (Å²) in [4.78, 5) is 16.7. The normalized spacial score (nSPS) is 10.4. The van der Waals surface area contributed by atoms with E-state index in [-0.39, 0.29) is 5.91 Å². The zero-order valence-corrected chi connectivity index (χ0v) is 14.3. The summed E-state index contributed by atoms with van der Waals surface area (Å²) in [5, 5.41) is 5.60. The van der Waals surface area contributed by atoms with Gasteiger partial charge in [-0.15, -0.1) is 11.3 Å². The number of carbonyl (C=O) groups excluding carboxylic acids is 1. The molecule has 0 saturated heterocycles.